The van der Waals surface area contributed by atoms with Crippen molar-refractivity contribution in [1.29, 1.82) is 0 Å². The van der Waals surface area contributed by atoms with Crippen LogP contribution in [0.2, 0.25) is 0 Å². The largest absolute Gasteiger partial charge is 0.501 e. The Balaban J connectivity index is 0.000000150. The van der Waals surface area contributed by atoms with Gasteiger partial charge in [0.1, 0.15) is 16.7 Å². The van der Waals surface area contributed by atoms with E-state index in [-0.39, 0.29) is 130 Å². The summed E-state index contributed by atoms with van der Waals surface area (Å²) in [6.07, 6.45) is 11.8. The molecule has 0 amide bonds. The van der Waals surface area contributed by atoms with Crippen molar-refractivity contribution in [2.75, 3.05) is 0 Å². The molecule has 17 heteroatoms. The molecule has 748 valence electrons. The molecule has 4 radical (unpaired) electrons. The minimum absolute atomic E-state index is 0. The summed E-state index contributed by atoms with van der Waals surface area (Å²) < 4.78 is 253. The van der Waals surface area contributed by atoms with Gasteiger partial charge < -0.3 is 57.5 Å². The summed E-state index contributed by atoms with van der Waals surface area (Å²) in [6, 6.07) is 123. The van der Waals surface area contributed by atoms with E-state index in [1.807, 2.05) is 123 Å². The van der Waals surface area contributed by atoms with Crippen LogP contribution >= 0.6 is 0 Å². The van der Waals surface area contributed by atoms with E-state index in [4.69, 9.17) is 60.2 Å². The van der Waals surface area contributed by atoms with E-state index in [9.17, 15) is 0 Å². The van der Waals surface area contributed by atoms with Gasteiger partial charge in [-0.1, -0.05) is 248 Å². The van der Waals surface area contributed by atoms with E-state index in [1.54, 1.807) is 85.2 Å². The Kier molecular flexibility index (Phi) is 25.0. The maximum Gasteiger partial charge on any atom is 0.216 e. The van der Waals surface area contributed by atoms with Crippen molar-refractivity contribution in [3.63, 3.8) is 0 Å². The second-order valence-electron chi connectivity index (χ2n) is 33.6. The van der Waals surface area contributed by atoms with Crippen LogP contribution in [0.5, 0.6) is 0 Å². The topological polar surface area (TPSA) is 169 Å². The molecule has 0 N–H and O–H groups in total. The van der Waals surface area contributed by atoms with Gasteiger partial charge in [0.2, 0.25) is 5.71 Å². The first-order valence-electron chi connectivity index (χ1n) is 61.4. The molecule has 0 saturated carbocycles. The molecule has 26 rings (SSSR count). The van der Waals surface area contributed by atoms with Crippen molar-refractivity contribution in [2.45, 2.75) is 95.2 Å². The molecule has 13 aromatic heterocycles. The fourth-order valence-electron chi connectivity index (χ4n) is 16.2. The van der Waals surface area contributed by atoms with E-state index in [2.05, 4.69) is 166 Å². The molecule has 1 unspecified atom stereocenters. The maximum atomic E-state index is 8.32. The zero-order valence-electron chi connectivity index (χ0n) is 111. The van der Waals surface area contributed by atoms with Crippen molar-refractivity contribution >= 4 is 109 Å². The first-order chi connectivity index (χ1) is 83.6. The van der Waals surface area contributed by atoms with Gasteiger partial charge in [-0.05, 0) is 210 Å². The molecule has 0 aliphatic rings. The van der Waals surface area contributed by atoms with Crippen LogP contribution in [-0.4, -0.2) is 44.9 Å². The molecule has 13 nitrogen and oxygen atoms in total. The van der Waals surface area contributed by atoms with E-state index < -0.39 is 74.4 Å². The summed E-state index contributed by atoms with van der Waals surface area (Å²) in [5.41, 5.74) is 20.8. The Bertz CT molecular complexity index is 9720. The third-order valence-corrected chi connectivity index (χ3v) is 23.4. The molecule has 0 bridgehead atoms. The van der Waals surface area contributed by atoms with Crippen molar-refractivity contribution in [2.24, 2.45) is 0 Å². The van der Waals surface area contributed by atoms with E-state index in [1.165, 1.54) is 145 Å². The van der Waals surface area contributed by atoms with Gasteiger partial charge in [-0.25, -0.2) is 4.98 Å². The minimum atomic E-state index is -2.46. The van der Waals surface area contributed by atoms with Gasteiger partial charge in [0, 0.05) is 200 Å². The first-order valence-corrected chi connectivity index (χ1v) is 45.9. The molecule has 0 aliphatic carbocycles. The van der Waals surface area contributed by atoms with Crippen LogP contribution in [0, 0.1) is 124 Å². The van der Waals surface area contributed by atoms with Gasteiger partial charge in [0.15, 0.2) is 0 Å². The summed E-state index contributed by atoms with van der Waals surface area (Å²) in [4.78, 5) is 38.3. The second-order valence-corrected chi connectivity index (χ2v) is 33.6. The maximum absolute atomic E-state index is 8.32. The number of furan rings is 4. The third-order valence-electron chi connectivity index (χ3n) is 23.4. The van der Waals surface area contributed by atoms with Gasteiger partial charge in [-0.2, -0.15) is 0 Å². The van der Waals surface area contributed by atoms with Gasteiger partial charge in [-0.3, -0.25) is 0 Å². The molecular formula is C133H103Ir4N9O4-8. The van der Waals surface area contributed by atoms with Crippen LogP contribution in [0.3, 0.4) is 0 Å². The number of aromatic nitrogens is 9. The zero-order chi connectivity index (χ0) is 127. The summed E-state index contributed by atoms with van der Waals surface area (Å²) in [5, 5.41) is 13.1. The average molecular weight is 2690 g/mol. The molecule has 26 aromatic rings. The number of nitrogens with zero attached hydrogens (tertiary/aromatic N) is 9. The fourth-order valence-corrected chi connectivity index (χ4v) is 16.2. The predicted molar refractivity (Wildman–Crippen MR) is 596 cm³/mol. The Morgan fingerprint density at radius 2 is 0.653 bits per heavy atom. The summed E-state index contributed by atoms with van der Waals surface area (Å²) in [5.74, 6) is -1.74. The Labute approximate surface area is 972 Å². The van der Waals surface area contributed by atoms with E-state index in [0.29, 0.717) is 90.0 Å². The Morgan fingerprint density at radius 1 is 0.260 bits per heavy atom. The van der Waals surface area contributed by atoms with Crippen LogP contribution < -0.4 is 0 Å². The van der Waals surface area contributed by atoms with Crippen molar-refractivity contribution < 1.29 is 141 Å². The zero-order valence-corrected chi connectivity index (χ0v) is 89.4. The molecule has 0 fully saturated rings. The number of hydrogen-bond donors (Lipinski definition) is 0. The molecule has 150 heavy (non-hydrogen) atoms. The SMILES string of the molecule is [2H]C([2H])([2H])C([2H])(C)c1ccnc(-c2[c-]ccc3c2oc2nc(C)ccc23)c1.[2H]C([2H])([2H])c1c[c-]c(-c2ccc(C([2H])([2H])[2H])cn2)cc1.[2H]C([2H])([2H])c1c[c-]c(-c2ccc(C([2H])([2H])[2H])cn2)cc1.[2H]C([2H])([2H])c1c[c-]c(-c2ccc(C([2H])([2H])[2H])cn2)cc1.[2H]C([2H])([2H])c1c[c-]c(-c2ccc(C([2H])([2H])[2H])cn2)cc1.[2H]C([2H])([2H])c1ccnc(-c2[c-]ccc3c2oc2cc(C)ccc23)c1.[Ir].[Ir].[Ir].[Ir].[c-]1ccc2c(oc3cc4ccccc4cc32)c1-c1ccccn1.[c-]1ccc2c(oc3ccc4ccccc4c32)c1-c1ccccn1. The summed E-state index contributed by atoms with van der Waals surface area (Å²) in [7, 11) is 0. The van der Waals surface area contributed by atoms with Crippen LogP contribution in [0.25, 0.3) is 199 Å². The van der Waals surface area contributed by atoms with Crippen LogP contribution in [0.1, 0.15) is 129 Å². The number of benzene rings is 13. The minimum Gasteiger partial charge on any atom is -0.501 e. The molecule has 13 heterocycles. The molecule has 1 atom stereocenters. The Morgan fingerprint density at radius 3 is 1.11 bits per heavy atom. The van der Waals surface area contributed by atoms with Gasteiger partial charge in [0.25, 0.3) is 0 Å². The second kappa shape index (κ2) is 50.5. The summed E-state index contributed by atoms with van der Waals surface area (Å²) in [6.45, 7) is -16.7. The molecule has 0 saturated heterocycles. The molecular weight excluding hydrogens is 2560 g/mol. The molecule has 0 spiro atoms. The number of fused-ring (bicyclic) bond motifs is 15. The van der Waals surface area contributed by atoms with E-state index in [0.717, 1.165) is 105 Å². The summed E-state index contributed by atoms with van der Waals surface area (Å²) >= 11 is 0. The standard InChI is InChI=1S/2C21H12NO.C20H17N2O.C19H14NO.4C13H12N.4Ir/c1-2-7-15-14(6-1)11-12-19-20(15)17-9-5-8-16(21(17)23-19)18-10-3-4-13-22-18;1-2-7-15-13-20-18(12-14(15)6-1)16-8-5-9-17(21(16)23-20)19-10-3-4-11-22-19;1-12(2)14-9-10-21-18(11-14)17-6-4-5-15-16-8-7-13(3)22-20(16)23-19(15)17;1-12-6-7-14-15-4-3-5-16(19(15)21-18(14)11-12)17-10-13(2)8-9-20-17;4*1-10-3-6-12(7-4-10)13-8-5-11(2)9-14-13;;;;/h1-7,9-13H;1-8,10-13H;4-5,7-12H,1-3H3;3-4,6-11H,1-2H3;4*3-6,8-9H,1-2H3;;;;/q8*-1;;;;/i;;1D3,12D;2D3;4*1D3,2D3;;;;. The normalized spacial score (nSPS) is 15.0. The van der Waals surface area contributed by atoms with E-state index >= 15 is 0 Å². The van der Waals surface area contributed by atoms with Crippen molar-refractivity contribution in [3.05, 3.63) is 499 Å². The van der Waals surface area contributed by atoms with Crippen molar-refractivity contribution in [1.82, 2.24) is 44.9 Å². The number of rotatable bonds is 9. The van der Waals surface area contributed by atoms with Gasteiger partial charge >= 0.3 is 0 Å². The average Bonchev–Trinajstić information content (AvgIpc) is 1.61. The smallest absolute Gasteiger partial charge is 0.216 e. The molecule has 0 aliphatic heterocycles. The van der Waals surface area contributed by atoms with Crippen LogP contribution in [0.4, 0.5) is 0 Å². The van der Waals surface area contributed by atoms with Gasteiger partial charge in [-0.15, -0.1) is 214 Å². The third kappa shape index (κ3) is 25.9. The quantitative estimate of drug-likeness (QED) is 0.125. The van der Waals surface area contributed by atoms with Crippen LogP contribution in [-0.2, 0) is 80.4 Å². The number of aryl methyl sites for hydroxylation is 11. The van der Waals surface area contributed by atoms with Crippen LogP contribution in [0.15, 0.2) is 401 Å². The monoisotopic (exact) mass is 2690 g/mol. The number of hydrogen-bond acceptors (Lipinski definition) is 13. The van der Waals surface area contributed by atoms with Gasteiger partial charge in [0.05, 0.1) is 22.3 Å². The van der Waals surface area contributed by atoms with Crippen molar-refractivity contribution in [3.8, 4) is 90.1 Å². The fraction of sp³-hybridized carbons (Fsp3) is 0.105. The molecule has 13 aromatic carbocycles. The first kappa shape index (κ1) is 74.4. The number of pyridine rings is 9. The Hall–Kier alpha value is -15.5. The predicted octanol–water partition coefficient (Wildman–Crippen LogP) is 34.2.